The second-order valence-corrected chi connectivity index (χ2v) is 6.00. The van der Waals surface area contributed by atoms with Gasteiger partial charge in [-0.05, 0) is 31.9 Å². The van der Waals surface area contributed by atoms with Gasteiger partial charge in [0.1, 0.15) is 5.54 Å². The van der Waals surface area contributed by atoms with Gasteiger partial charge in [0.25, 0.3) is 5.56 Å². The van der Waals surface area contributed by atoms with E-state index in [2.05, 4.69) is 10.3 Å². The highest BCUT2D eigenvalue weighted by atomic mass is 16.4. The Morgan fingerprint density at radius 1 is 1.38 bits per heavy atom. The molecule has 0 radical (unpaired) electrons. The first-order valence-electron chi connectivity index (χ1n) is 7.77. The van der Waals surface area contributed by atoms with Gasteiger partial charge in [-0.15, -0.1) is 0 Å². The van der Waals surface area contributed by atoms with Gasteiger partial charge >= 0.3 is 5.97 Å². The predicted molar refractivity (Wildman–Crippen MR) is 89.8 cm³/mol. The van der Waals surface area contributed by atoms with Crippen molar-refractivity contribution >= 4 is 22.8 Å². The van der Waals surface area contributed by atoms with Gasteiger partial charge in [0, 0.05) is 13.0 Å². The van der Waals surface area contributed by atoms with Crippen molar-refractivity contribution in [1.29, 1.82) is 0 Å². The molecule has 2 N–H and O–H groups in total. The van der Waals surface area contributed by atoms with Crippen LogP contribution in [0, 0.1) is 6.92 Å². The molecule has 0 aliphatic carbocycles. The molecule has 0 aliphatic heterocycles. The Kier molecular flexibility index (Phi) is 5.02. The first-order chi connectivity index (χ1) is 11.3. The summed E-state index contributed by atoms with van der Waals surface area (Å²) in [4.78, 5) is 39.9. The molecule has 1 heterocycles. The lowest BCUT2D eigenvalue weighted by Crippen LogP contribution is -2.51. The van der Waals surface area contributed by atoms with Crippen molar-refractivity contribution in [3.63, 3.8) is 0 Å². The fourth-order valence-electron chi connectivity index (χ4n) is 2.38. The highest BCUT2D eigenvalue weighted by Crippen LogP contribution is 2.12. The van der Waals surface area contributed by atoms with Crippen molar-refractivity contribution in [3.05, 3.63) is 40.4 Å². The Bertz CT molecular complexity index is 843. The van der Waals surface area contributed by atoms with E-state index in [-0.39, 0.29) is 24.9 Å². The standard InChI is InChI=1S/C17H21N3O4/c1-4-17(3,16(23)24)19-13(21)8-9-20-10-18-14-11(2)6-5-7-12(14)15(20)22/h5-7,10H,4,8-9H2,1-3H3,(H,19,21)(H,23,24). The maximum Gasteiger partial charge on any atom is 0.329 e. The van der Waals surface area contributed by atoms with Crippen LogP contribution >= 0.6 is 0 Å². The maximum absolute atomic E-state index is 12.4. The minimum atomic E-state index is -1.30. The highest BCUT2D eigenvalue weighted by Gasteiger charge is 2.32. The molecule has 1 unspecified atom stereocenters. The maximum atomic E-state index is 12.4. The quantitative estimate of drug-likeness (QED) is 0.834. The fraction of sp³-hybridized carbons (Fsp3) is 0.412. The first-order valence-corrected chi connectivity index (χ1v) is 7.77. The van der Waals surface area contributed by atoms with Gasteiger partial charge in [0.05, 0.1) is 17.2 Å². The summed E-state index contributed by atoms with van der Waals surface area (Å²) in [5.74, 6) is -1.50. The van der Waals surface area contributed by atoms with Crippen LogP contribution in [-0.2, 0) is 16.1 Å². The Balaban J connectivity index is 2.14. The van der Waals surface area contributed by atoms with Gasteiger partial charge in [-0.1, -0.05) is 19.1 Å². The number of carboxylic acid groups (broad SMARTS) is 1. The number of nitrogens with zero attached hydrogens (tertiary/aromatic N) is 2. The van der Waals surface area contributed by atoms with Gasteiger partial charge in [-0.2, -0.15) is 0 Å². The Labute approximate surface area is 139 Å². The number of amides is 1. The number of aryl methyl sites for hydroxylation is 2. The summed E-state index contributed by atoms with van der Waals surface area (Å²) >= 11 is 0. The molecule has 0 aliphatic rings. The molecule has 1 atom stereocenters. The van der Waals surface area contributed by atoms with Crippen LogP contribution in [-0.4, -0.2) is 32.1 Å². The molecule has 0 saturated heterocycles. The van der Waals surface area contributed by atoms with Crippen molar-refractivity contribution in [2.45, 2.75) is 45.7 Å². The third-order valence-electron chi connectivity index (χ3n) is 4.23. The third-order valence-corrected chi connectivity index (χ3v) is 4.23. The summed E-state index contributed by atoms with van der Waals surface area (Å²) in [6.07, 6.45) is 1.69. The average molecular weight is 331 g/mol. The van der Waals surface area contributed by atoms with E-state index >= 15 is 0 Å². The molecule has 0 fully saturated rings. The molecule has 0 spiro atoms. The number of rotatable bonds is 6. The van der Waals surface area contributed by atoms with Gasteiger partial charge in [-0.3, -0.25) is 14.2 Å². The second-order valence-electron chi connectivity index (χ2n) is 6.00. The number of benzene rings is 1. The zero-order valence-corrected chi connectivity index (χ0v) is 14.0. The fourth-order valence-corrected chi connectivity index (χ4v) is 2.38. The number of carboxylic acids is 1. The lowest BCUT2D eigenvalue weighted by atomic mass is 9.99. The number of carbonyl (C=O) groups is 2. The van der Waals surface area contributed by atoms with Crippen molar-refractivity contribution in [2.24, 2.45) is 0 Å². The number of aromatic nitrogens is 2. The van der Waals surface area contributed by atoms with Crippen molar-refractivity contribution in [3.8, 4) is 0 Å². The minimum Gasteiger partial charge on any atom is -0.480 e. The molecule has 128 valence electrons. The third kappa shape index (κ3) is 3.45. The number of carbonyl (C=O) groups excluding carboxylic acids is 1. The molecule has 2 rings (SSSR count). The van der Waals surface area contributed by atoms with Crippen LogP contribution in [0.3, 0.4) is 0 Å². The second kappa shape index (κ2) is 6.82. The lowest BCUT2D eigenvalue weighted by molar-refractivity contribution is -0.147. The first kappa shape index (κ1) is 17.7. The van der Waals surface area contributed by atoms with E-state index in [4.69, 9.17) is 0 Å². The van der Waals surface area contributed by atoms with Crippen LogP contribution in [0.1, 0.15) is 32.3 Å². The van der Waals surface area contributed by atoms with E-state index < -0.39 is 17.4 Å². The van der Waals surface area contributed by atoms with Crippen molar-refractivity contribution in [1.82, 2.24) is 14.9 Å². The topological polar surface area (TPSA) is 101 Å². The molecule has 7 heteroatoms. The summed E-state index contributed by atoms with van der Waals surface area (Å²) in [5.41, 5.74) is 0.0381. The summed E-state index contributed by atoms with van der Waals surface area (Å²) in [7, 11) is 0. The van der Waals surface area contributed by atoms with E-state index in [9.17, 15) is 19.5 Å². The van der Waals surface area contributed by atoms with Crippen LogP contribution in [0.2, 0.25) is 0 Å². The summed E-state index contributed by atoms with van der Waals surface area (Å²) in [5, 5.41) is 12.2. The van der Waals surface area contributed by atoms with Crippen molar-refractivity contribution < 1.29 is 14.7 Å². The van der Waals surface area contributed by atoms with Crippen LogP contribution in [0.25, 0.3) is 10.9 Å². The molecular formula is C17H21N3O4. The smallest absolute Gasteiger partial charge is 0.329 e. The monoisotopic (exact) mass is 331 g/mol. The van der Waals surface area contributed by atoms with Gasteiger partial charge in [-0.25, -0.2) is 9.78 Å². The summed E-state index contributed by atoms with van der Waals surface area (Å²) in [6.45, 7) is 5.17. The van der Waals surface area contributed by atoms with Gasteiger partial charge < -0.3 is 10.4 Å². The molecule has 7 nitrogen and oxygen atoms in total. The number of hydrogen-bond donors (Lipinski definition) is 2. The number of hydrogen-bond acceptors (Lipinski definition) is 4. The predicted octanol–water partition coefficient (Wildman–Crippen LogP) is 1.46. The minimum absolute atomic E-state index is 0.00176. The molecule has 1 aromatic carbocycles. The van der Waals surface area contributed by atoms with Gasteiger partial charge in [0.15, 0.2) is 0 Å². The SMILES string of the molecule is CCC(C)(NC(=O)CCn1cnc2c(C)cccc2c1=O)C(=O)O. The normalized spacial score (nSPS) is 13.5. The molecule has 1 aromatic heterocycles. The molecular weight excluding hydrogens is 310 g/mol. The van der Waals surface area contributed by atoms with E-state index in [1.165, 1.54) is 17.8 Å². The number of aliphatic carboxylic acids is 1. The van der Waals surface area contributed by atoms with E-state index in [1.807, 2.05) is 13.0 Å². The molecule has 1 amide bonds. The van der Waals surface area contributed by atoms with Gasteiger partial charge in [0.2, 0.25) is 5.91 Å². The van der Waals surface area contributed by atoms with Crippen molar-refractivity contribution in [2.75, 3.05) is 0 Å². The number of fused-ring (bicyclic) bond motifs is 1. The average Bonchev–Trinajstić information content (AvgIpc) is 2.54. The van der Waals surface area contributed by atoms with E-state index in [1.54, 1.807) is 19.1 Å². The van der Waals surface area contributed by atoms with E-state index in [0.29, 0.717) is 10.9 Å². The van der Waals surface area contributed by atoms with Crippen LogP contribution in [0.4, 0.5) is 0 Å². The Morgan fingerprint density at radius 2 is 2.08 bits per heavy atom. The molecule has 2 aromatic rings. The highest BCUT2D eigenvalue weighted by molar-refractivity contribution is 5.86. The summed E-state index contributed by atoms with van der Waals surface area (Å²) < 4.78 is 1.37. The number of para-hydroxylation sites is 1. The number of nitrogens with one attached hydrogen (secondary N) is 1. The summed E-state index contributed by atoms with van der Waals surface area (Å²) in [6, 6.07) is 5.37. The van der Waals surface area contributed by atoms with Crippen LogP contribution in [0.5, 0.6) is 0 Å². The van der Waals surface area contributed by atoms with Crippen LogP contribution < -0.4 is 10.9 Å². The largest absolute Gasteiger partial charge is 0.480 e. The Hall–Kier alpha value is -2.70. The van der Waals surface area contributed by atoms with E-state index in [0.717, 1.165) is 5.56 Å². The van der Waals surface area contributed by atoms with Crippen LogP contribution in [0.15, 0.2) is 29.3 Å². The molecule has 24 heavy (non-hydrogen) atoms. The zero-order chi connectivity index (χ0) is 17.9. The Morgan fingerprint density at radius 3 is 2.71 bits per heavy atom. The zero-order valence-electron chi connectivity index (χ0n) is 14.0. The molecule has 0 saturated carbocycles. The molecule has 0 bridgehead atoms. The lowest BCUT2D eigenvalue weighted by Gasteiger charge is -2.24.